The van der Waals surface area contributed by atoms with E-state index in [0.29, 0.717) is 31.8 Å². The number of ether oxygens (including phenoxy) is 1. The first-order chi connectivity index (χ1) is 15.4. The molecule has 0 fully saturated rings. The molecule has 6 nitrogen and oxygen atoms in total. The first kappa shape index (κ1) is 22.8. The van der Waals surface area contributed by atoms with Crippen LogP contribution in [0.4, 0.5) is 5.69 Å². The fraction of sp³-hybridized carbons (Fsp3) is 0.261. The van der Waals surface area contributed by atoms with Gasteiger partial charge in [-0.05, 0) is 37.3 Å². The van der Waals surface area contributed by atoms with Gasteiger partial charge in [-0.1, -0.05) is 48.0 Å². The zero-order chi connectivity index (χ0) is 22.8. The Hall–Kier alpha value is -2.42. The summed E-state index contributed by atoms with van der Waals surface area (Å²) in [6.45, 7) is 4.08. The van der Waals surface area contributed by atoms with Crippen molar-refractivity contribution in [1.29, 1.82) is 0 Å². The maximum absolute atomic E-state index is 13.3. The van der Waals surface area contributed by atoms with Gasteiger partial charge in [0, 0.05) is 16.7 Å². The number of rotatable bonds is 6. The fourth-order valence-electron chi connectivity index (χ4n) is 3.41. The van der Waals surface area contributed by atoms with Gasteiger partial charge in [0.25, 0.3) is 5.56 Å². The number of amides is 1. The number of carbonyl (C=O) groups is 1. The molecule has 2 aromatic carbocycles. The van der Waals surface area contributed by atoms with E-state index >= 15 is 0 Å². The third kappa shape index (κ3) is 4.82. The van der Waals surface area contributed by atoms with Crippen LogP contribution in [0.25, 0.3) is 5.69 Å². The molecule has 166 valence electrons. The molecule has 9 heteroatoms. The third-order valence-corrected chi connectivity index (χ3v) is 7.33. The summed E-state index contributed by atoms with van der Waals surface area (Å²) in [5, 5.41) is 4.12. The lowest BCUT2D eigenvalue weighted by Crippen LogP contribution is -2.24. The molecule has 4 rings (SSSR count). The van der Waals surface area contributed by atoms with Crippen molar-refractivity contribution >= 4 is 46.7 Å². The van der Waals surface area contributed by atoms with Crippen LogP contribution in [-0.4, -0.2) is 33.6 Å². The first-order valence-corrected chi connectivity index (χ1v) is 12.3. The van der Waals surface area contributed by atoms with Gasteiger partial charge in [0.1, 0.15) is 5.75 Å². The Kier molecular flexibility index (Phi) is 6.83. The smallest absolute Gasteiger partial charge is 0.272 e. The lowest BCUT2D eigenvalue weighted by molar-refractivity contribution is -0.113. The zero-order valence-corrected chi connectivity index (χ0v) is 20.2. The molecular formula is C23H22ClN3O3S2. The maximum atomic E-state index is 13.3. The molecule has 1 unspecified atom stereocenters. The van der Waals surface area contributed by atoms with E-state index < -0.39 is 0 Å². The minimum Gasteiger partial charge on any atom is -0.495 e. The molecule has 1 amide bonds. The zero-order valence-electron chi connectivity index (χ0n) is 17.8. The van der Waals surface area contributed by atoms with Gasteiger partial charge in [0.15, 0.2) is 5.16 Å². The molecule has 32 heavy (non-hydrogen) atoms. The molecule has 1 aromatic heterocycles. The molecule has 0 radical (unpaired) electrons. The second-order valence-corrected chi connectivity index (χ2v) is 10.3. The van der Waals surface area contributed by atoms with Crippen LogP contribution in [0, 0.1) is 6.92 Å². The number of hydrogen-bond donors (Lipinski definition) is 1. The molecule has 1 aliphatic rings. The Labute approximate surface area is 199 Å². The van der Waals surface area contributed by atoms with E-state index in [1.807, 2.05) is 31.2 Å². The van der Waals surface area contributed by atoms with Crippen molar-refractivity contribution in [3.8, 4) is 11.4 Å². The number of fused-ring (bicyclic) bond motifs is 1. The summed E-state index contributed by atoms with van der Waals surface area (Å²) >= 11 is 8.84. The number of thioether (sulfide) groups is 2. The Bertz CT molecular complexity index is 1230. The molecule has 3 aromatic rings. The number of nitrogens with zero attached hydrogens (tertiary/aromatic N) is 2. The molecule has 0 saturated heterocycles. The second-order valence-electron chi connectivity index (χ2n) is 7.46. The number of nitrogens with one attached hydrogen (secondary N) is 1. The van der Waals surface area contributed by atoms with Gasteiger partial charge in [-0.2, -0.15) is 0 Å². The number of benzene rings is 2. The first-order valence-electron chi connectivity index (χ1n) is 10.0. The van der Waals surface area contributed by atoms with Gasteiger partial charge in [0.2, 0.25) is 5.91 Å². The molecule has 2 heterocycles. The van der Waals surface area contributed by atoms with Crippen molar-refractivity contribution in [1.82, 2.24) is 9.55 Å². The predicted molar refractivity (Wildman–Crippen MR) is 131 cm³/mol. The average molecular weight is 488 g/mol. The minimum atomic E-state index is -0.247. The van der Waals surface area contributed by atoms with Gasteiger partial charge in [-0.15, -0.1) is 11.8 Å². The van der Waals surface area contributed by atoms with Crippen LogP contribution >= 0.6 is 35.1 Å². The van der Waals surface area contributed by atoms with Crippen LogP contribution in [0.2, 0.25) is 5.02 Å². The summed E-state index contributed by atoms with van der Waals surface area (Å²) in [6.07, 6.45) is 0.740. The summed E-state index contributed by atoms with van der Waals surface area (Å²) in [6, 6.07) is 12.7. The standard InChI is InChI=1S/C23H22ClN3O3S2/c1-13-4-7-16(8-5-13)27-22(29)21-18(10-14(2)32-21)26-23(27)31-12-20(28)25-17-11-15(24)6-9-19(17)30-3/h4-9,11,14H,10,12H2,1-3H3,(H,25,28). The maximum Gasteiger partial charge on any atom is 0.272 e. The van der Waals surface area contributed by atoms with Gasteiger partial charge < -0.3 is 10.1 Å². The van der Waals surface area contributed by atoms with Crippen LogP contribution in [0.1, 0.15) is 18.2 Å². The van der Waals surface area contributed by atoms with Crippen molar-refractivity contribution < 1.29 is 9.53 Å². The Morgan fingerprint density at radius 1 is 1.31 bits per heavy atom. The summed E-state index contributed by atoms with van der Waals surface area (Å²) < 4.78 is 6.88. The lowest BCUT2D eigenvalue weighted by Gasteiger charge is -2.14. The molecule has 0 aliphatic carbocycles. The number of anilines is 1. The SMILES string of the molecule is COc1ccc(Cl)cc1NC(=O)CSc1nc2c(c(=O)n1-c1ccc(C)cc1)SC(C)C2. The van der Waals surface area contributed by atoms with Gasteiger partial charge in [0.05, 0.1) is 34.8 Å². The largest absolute Gasteiger partial charge is 0.495 e. The van der Waals surface area contributed by atoms with Crippen molar-refractivity contribution in [3.05, 3.63) is 69.1 Å². The van der Waals surface area contributed by atoms with Crippen LogP contribution in [0.15, 0.2) is 57.3 Å². The van der Waals surface area contributed by atoms with Gasteiger partial charge >= 0.3 is 0 Å². The molecule has 1 atom stereocenters. The molecule has 0 bridgehead atoms. The molecule has 1 N–H and O–H groups in total. The quantitative estimate of drug-likeness (QED) is 0.391. The van der Waals surface area contributed by atoms with Crippen LogP contribution < -0.4 is 15.6 Å². The van der Waals surface area contributed by atoms with Crippen molar-refractivity contribution in [2.24, 2.45) is 0 Å². The van der Waals surface area contributed by atoms with Crippen molar-refractivity contribution in [2.75, 3.05) is 18.2 Å². The number of halogens is 1. The molecule has 0 spiro atoms. The number of carbonyl (C=O) groups excluding carboxylic acids is 1. The Balaban J connectivity index is 1.62. The van der Waals surface area contributed by atoms with E-state index in [4.69, 9.17) is 21.3 Å². The molecule has 1 aliphatic heterocycles. The van der Waals surface area contributed by atoms with Crippen LogP contribution in [0.5, 0.6) is 5.75 Å². The fourth-order valence-corrected chi connectivity index (χ4v) is 5.51. The van der Waals surface area contributed by atoms with E-state index in [0.717, 1.165) is 23.4 Å². The summed E-state index contributed by atoms with van der Waals surface area (Å²) in [4.78, 5) is 31.5. The van der Waals surface area contributed by atoms with E-state index in [1.165, 1.54) is 18.9 Å². The third-order valence-electron chi connectivity index (χ3n) is 4.94. The van der Waals surface area contributed by atoms with E-state index in [-0.39, 0.29) is 17.2 Å². The highest BCUT2D eigenvalue weighted by Gasteiger charge is 2.27. The van der Waals surface area contributed by atoms with Gasteiger partial charge in [-0.25, -0.2) is 4.98 Å². The second kappa shape index (κ2) is 9.60. The van der Waals surface area contributed by atoms with E-state index in [2.05, 4.69) is 12.2 Å². The van der Waals surface area contributed by atoms with Crippen LogP contribution in [0.3, 0.4) is 0 Å². The average Bonchev–Trinajstić information content (AvgIpc) is 3.14. The monoisotopic (exact) mass is 487 g/mol. The van der Waals surface area contributed by atoms with Crippen molar-refractivity contribution in [2.45, 2.75) is 35.6 Å². The highest BCUT2D eigenvalue weighted by Crippen LogP contribution is 2.35. The summed E-state index contributed by atoms with van der Waals surface area (Å²) in [7, 11) is 1.53. The van der Waals surface area contributed by atoms with E-state index in [1.54, 1.807) is 34.5 Å². The van der Waals surface area contributed by atoms with Gasteiger partial charge in [-0.3, -0.25) is 14.2 Å². The van der Waals surface area contributed by atoms with E-state index in [9.17, 15) is 9.59 Å². The highest BCUT2D eigenvalue weighted by molar-refractivity contribution is 8.00. The molecule has 0 saturated carbocycles. The predicted octanol–water partition coefficient (Wildman–Crippen LogP) is 4.97. The summed E-state index contributed by atoms with van der Waals surface area (Å²) in [5.41, 5.74) is 3.04. The number of hydrogen-bond acceptors (Lipinski definition) is 6. The minimum absolute atomic E-state index is 0.0788. The molecular weight excluding hydrogens is 466 g/mol. The Morgan fingerprint density at radius 3 is 2.78 bits per heavy atom. The lowest BCUT2D eigenvalue weighted by atomic mass is 10.2. The topological polar surface area (TPSA) is 73.2 Å². The summed E-state index contributed by atoms with van der Waals surface area (Å²) in [5.74, 6) is 0.352. The Morgan fingerprint density at radius 2 is 2.06 bits per heavy atom. The number of aromatic nitrogens is 2. The van der Waals surface area contributed by atoms with Crippen molar-refractivity contribution in [3.63, 3.8) is 0 Å². The van der Waals surface area contributed by atoms with Crippen LogP contribution in [-0.2, 0) is 11.2 Å². The highest BCUT2D eigenvalue weighted by atomic mass is 35.5. The number of aryl methyl sites for hydroxylation is 1. The number of methoxy groups -OCH3 is 1. The normalized spacial score (nSPS) is 14.8.